The Morgan fingerprint density at radius 1 is 1.02 bits per heavy atom. The molecule has 4 aromatic rings. The van der Waals surface area contributed by atoms with Crippen LogP contribution in [0.1, 0.15) is 68.8 Å². The quantitative estimate of drug-likeness (QED) is 0.198. The van der Waals surface area contributed by atoms with Crippen molar-refractivity contribution in [1.82, 2.24) is 20.1 Å². The summed E-state index contributed by atoms with van der Waals surface area (Å²) in [6.45, 7) is 11.9. The van der Waals surface area contributed by atoms with Gasteiger partial charge < -0.3 is 24.8 Å². The van der Waals surface area contributed by atoms with Gasteiger partial charge in [-0.25, -0.2) is 14.4 Å². The van der Waals surface area contributed by atoms with Gasteiger partial charge in [0.25, 0.3) is 10.1 Å². The predicted octanol–water partition coefficient (Wildman–Crippen LogP) is 5.62. The first-order valence-electron chi connectivity index (χ1n) is 16.7. The molecule has 0 bridgehead atoms. The Balaban J connectivity index is 0.000000363. The summed E-state index contributed by atoms with van der Waals surface area (Å²) in [7, 11) is -4.02. The van der Waals surface area contributed by atoms with E-state index in [1.54, 1.807) is 30.6 Å². The summed E-state index contributed by atoms with van der Waals surface area (Å²) in [6.07, 6.45) is 6.59. The number of hydrogen-bond donors (Lipinski definition) is 2. The lowest BCUT2D eigenvalue weighted by Gasteiger charge is -2.33. The zero-order chi connectivity index (χ0) is 35.1. The van der Waals surface area contributed by atoms with Crippen LogP contribution >= 0.6 is 0 Å². The molecule has 6 rings (SSSR count). The second-order valence-electron chi connectivity index (χ2n) is 13.2. The van der Waals surface area contributed by atoms with E-state index >= 15 is 0 Å². The Hall–Kier alpha value is -4.14. The molecule has 12 nitrogen and oxygen atoms in total. The van der Waals surface area contributed by atoms with Crippen molar-refractivity contribution in [1.29, 1.82) is 0 Å². The number of halogens is 1. The number of hydrogen-bond acceptors (Lipinski definition) is 11. The van der Waals surface area contributed by atoms with Gasteiger partial charge >= 0.3 is 6.01 Å². The van der Waals surface area contributed by atoms with Crippen LogP contribution in [0.25, 0.3) is 0 Å². The minimum absolute atomic E-state index is 0.0666. The van der Waals surface area contributed by atoms with Crippen molar-refractivity contribution in [3.8, 4) is 5.75 Å². The van der Waals surface area contributed by atoms with Gasteiger partial charge in [0.05, 0.1) is 23.9 Å². The van der Waals surface area contributed by atoms with Gasteiger partial charge in [-0.05, 0) is 61.8 Å². The topological polar surface area (TPSA) is 161 Å². The van der Waals surface area contributed by atoms with E-state index in [1.165, 1.54) is 18.2 Å². The summed E-state index contributed by atoms with van der Waals surface area (Å²) in [4.78, 5) is 17.7. The number of anilines is 2. The molecule has 264 valence electrons. The standard InChI is InChI=1S/C28H38FN7O2.C7H8O3S/c1-18(2)26-33-28(38-34-26)35-11-8-20(9-12-35)19(3)10-13-37-21-14-31-27(32-15-21)36-16-23(25(30)17-36)22-6-4-5-7-24(22)29;1-6-2-4-7(5-3-6)11(8,9)10/h4-7,14-15,18-20,23,25H,8-13,16-17,30H2,1-3H3;2-5H,1H3,(H,8,9,10)/t19-,23+,25-;/m1./s1. The number of nitrogens with zero attached hydrogens (tertiary/aromatic N) is 6. The average Bonchev–Trinajstić information content (AvgIpc) is 3.73. The number of aromatic nitrogens is 4. The van der Waals surface area contributed by atoms with Crippen LogP contribution in [-0.4, -0.2) is 71.9 Å². The largest absolute Gasteiger partial charge is 0.490 e. The molecule has 4 heterocycles. The molecule has 0 spiro atoms. The van der Waals surface area contributed by atoms with Crippen molar-refractivity contribution >= 4 is 22.1 Å². The Kier molecular flexibility index (Phi) is 11.8. The van der Waals surface area contributed by atoms with E-state index in [0.717, 1.165) is 43.7 Å². The van der Waals surface area contributed by atoms with Crippen LogP contribution in [0.4, 0.5) is 16.4 Å². The maximum Gasteiger partial charge on any atom is 0.324 e. The van der Waals surface area contributed by atoms with E-state index in [2.05, 4.69) is 45.8 Å². The highest BCUT2D eigenvalue weighted by atomic mass is 32.2. The highest BCUT2D eigenvalue weighted by Crippen LogP contribution is 2.31. The molecular weight excluding hydrogens is 649 g/mol. The van der Waals surface area contributed by atoms with Crippen molar-refractivity contribution in [2.75, 3.05) is 42.6 Å². The van der Waals surface area contributed by atoms with Gasteiger partial charge in [-0.2, -0.15) is 13.4 Å². The number of aryl methyl sites for hydroxylation is 1. The number of benzene rings is 2. The molecule has 0 saturated carbocycles. The molecule has 2 saturated heterocycles. The fourth-order valence-electron chi connectivity index (χ4n) is 6.20. The molecule has 2 aromatic carbocycles. The molecule has 0 amide bonds. The average molecular weight is 696 g/mol. The monoisotopic (exact) mass is 695 g/mol. The van der Waals surface area contributed by atoms with Crippen LogP contribution in [0.2, 0.25) is 0 Å². The van der Waals surface area contributed by atoms with Crippen LogP contribution < -0.4 is 20.3 Å². The smallest absolute Gasteiger partial charge is 0.324 e. The SMILES string of the molecule is CC(C)c1noc(N2CCC([C@H](C)CCOc3cnc(N4C[C@@H](N)[C@H](c5ccccc5F)C4)nc3)CC2)n1.Cc1ccc(S(=O)(=O)O)cc1. The van der Waals surface area contributed by atoms with E-state index in [4.69, 9.17) is 19.5 Å². The molecular formula is C35H46FN7O5S. The second kappa shape index (κ2) is 16.0. The first-order chi connectivity index (χ1) is 23.4. The lowest BCUT2D eigenvalue weighted by molar-refractivity contribution is 0.219. The van der Waals surface area contributed by atoms with Crippen LogP contribution in [-0.2, 0) is 10.1 Å². The third-order valence-electron chi connectivity index (χ3n) is 9.29. The minimum Gasteiger partial charge on any atom is -0.490 e. The van der Waals surface area contributed by atoms with Crippen molar-refractivity contribution in [2.45, 2.75) is 69.7 Å². The van der Waals surface area contributed by atoms with E-state index in [0.29, 0.717) is 54.8 Å². The van der Waals surface area contributed by atoms with Crippen LogP contribution in [0.15, 0.2) is 70.3 Å². The van der Waals surface area contributed by atoms with Gasteiger partial charge in [-0.1, -0.05) is 61.8 Å². The minimum atomic E-state index is -4.02. The first kappa shape index (κ1) is 36.1. The van der Waals surface area contributed by atoms with E-state index in [-0.39, 0.29) is 28.6 Å². The molecule has 0 radical (unpaired) electrons. The Morgan fingerprint density at radius 2 is 1.69 bits per heavy atom. The summed E-state index contributed by atoms with van der Waals surface area (Å²) >= 11 is 0. The zero-order valence-electron chi connectivity index (χ0n) is 28.4. The zero-order valence-corrected chi connectivity index (χ0v) is 29.3. The van der Waals surface area contributed by atoms with Crippen molar-refractivity contribution in [2.24, 2.45) is 17.6 Å². The Morgan fingerprint density at radius 3 is 2.31 bits per heavy atom. The van der Waals surface area contributed by atoms with E-state index in [9.17, 15) is 12.8 Å². The van der Waals surface area contributed by atoms with Gasteiger partial charge in [0.15, 0.2) is 11.6 Å². The van der Waals surface area contributed by atoms with Gasteiger partial charge in [-0.3, -0.25) is 4.55 Å². The number of nitrogens with two attached hydrogens (primary N) is 1. The van der Waals surface area contributed by atoms with E-state index < -0.39 is 10.1 Å². The molecule has 2 fully saturated rings. The first-order valence-corrected chi connectivity index (χ1v) is 18.2. The molecule has 2 aromatic heterocycles. The highest BCUT2D eigenvalue weighted by molar-refractivity contribution is 7.85. The third-order valence-corrected chi connectivity index (χ3v) is 10.2. The lowest BCUT2D eigenvalue weighted by Crippen LogP contribution is -2.36. The van der Waals surface area contributed by atoms with Gasteiger partial charge in [0.1, 0.15) is 5.82 Å². The summed E-state index contributed by atoms with van der Waals surface area (Å²) in [5, 5.41) is 4.09. The number of ether oxygens (including phenoxy) is 1. The van der Waals surface area contributed by atoms with E-state index in [1.807, 2.05) is 24.0 Å². The maximum absolute atomic E-state index is 14.3. The van der Waals surface area contributed by atoms with Gasteiger partial charge in [0.2, 0.25) is 5.95 Å². The highest BCUT2D eigenvalue weighted by Gasteiger charge is 2.34. The maximum atomic E-state index is 14.3. The summed E-state index contributed by atoms with van der Waals surface area (Å²) in [5.74, 6) is 3.16. The molecule has 2 aliphatic rings. The second-order valence-corrected chi connectivity index (χ2v) is 14.7. The molecule has 2 aliphatic heterocycles. The summed E-state index contributed by atoms with van der Waals surface area (Å²) in [6, 6.07) is 13.3. The van der Waals surface area contributed by atoms with Crippen LogP contribution in [0.5, 0.6) is 5.75 Å². The lowest BCUT2D eigenvalue weighted by atomic mass is 9.84. The van der Waals surface area contributed by atoms with Gasteiger partial charge in [0, 0.05) is 44.1 Å². The summed E-state index contributed by atoms with van der Waals surface area (Å²) in [5.41, 5.74) is 7.95. The van der Waals surface area contributed by atoms with Crippen LogP contribution in [0.3, 0.4) is 0 Å². The number of piperidine rings is 1. The summed E-state index contributed by atoms with van der Waals surface area (Å²) < 4.78 is 55.2. The predicted molar refractivity (Wildman–Crippen MR) is 185 cm³/mol. The Labute approximate surface area is 287 Å². The fourth-order valence-corrected chi connectivity index (χ4v) is 6.68. The molecule has 3 N–H and O–H groups in total. The van der Waals surface area contributed by atoms with Crippen LogP contribution in [0, 0.1) is 24.6 Å². The normalized spacial score (nSPS) is 19.1. The molecule has 49 heavy (non-hydrogen) atoms. The molecule has 0 unspecified atom stereocenters. The number of rotatable bonds is 10. The third kappa shape index (κ3) is 9.52. The molecule has 3 atom stereocenters. The Bertz CT molecular complexity index is 1750. The molecule has 14 heteroatoms. The van der Waals surface area contributed by atoms with Crippen molar-refractivity contribution < 1.29 is 26.6 Å². The van der Waals surface area contributed by atoms with Crippen molar-refractivity contribution in [3.63, 3.8) is 0 Å². The molecule has 0 aliphatic carbocycles. The van der Waals surface area contributed by atoms with Crippen molar-refractivity contribution in [3.05, 3.63) is 83.7 Å². The fraction of sp³-hybridized carbons (Fsp3) is 0.486. The van der Waals surface area contributed by atoms with Gasteiger partial charge in [-0.15, -0.1) is 0 Å².